The van der Waals surface area contributed by atoms with E-state index in [1.807, 2.05) is 18.2 Å². The molecule has 0 unspecified atom stereocenters. The summed E-state index contributed by atoms with van der Waals surface area (Å²) in [6.07, 6.45) is 0. The lowest BCUT2D eigenvalue weighted by Crippen LogP contribution is -2.15. The fraction of sp³-hybridized carbons (Fsp3) is 0.231. The molecule has 0 aliphatic heterocycles. The van der Waals surface area contributed by atoms with Crippen LogP contribution in [0, 0.1) is 0 Å². The Morgan fingerprint density at radius 2 is 2.05 bits per heavy atom. The Balaban J connectivity index is 1.67. The van der Waals surface area contributed by atoms with Gasteiger partial charge in [-0.25, -0.2) is 0 Å². The highest BCUT2D eigenvalue weighted by Gasteiger charge is 2.00. The molecule has 1 heterocycles. The van der Waals surface area contributed by atoms with Crippen LogP contribution in [0.4, 0.5) is 0 Å². The quantitative estimate of drug-likeness (QED) is 0.496. The van der Waals surface area contributed by atoms with Crippen molar-refractivity contribution < 1.29 is 0 Å². The summed E-state index contributed by atoms with van der Waals surface area (Å²) >= 11 is 18.8. The normalized spacial score (nSPS) is 10.9. The summed E-state index contributed by atoms with van der Waals surface area (Å²) in [5, 5.41) is 6.74. The Bertz CT molecular complexity index is 545. The highest BCUT2D eigenvalue weighted by Crippen LogP contribution is 2.27. The summed E-state index contributed by atoms with van der Waals surface area (Å²) in [7, 11) is 0. The van der Waals surface area contributed by atoms with E-state index in [4.69, 9.17) is 23.2 Å². The van der Waals surface area contributed by atoms with Gasteiger partial charge in [0, 0.05) is 38.5 Å². The van der Waals surface area contributed by atoms with Gasteiger partial charge in [0.1, 0.15) is 0 Å². The van der Waals surface area contributed by atoms with Crippen molar-refractivity contribution in [3.05, 3.63) is 49.0 Å². The largest absolute Gasteiger partial charge is 0.311 e. The van der Waals surface area contributed by atoms with Crippen molar-refractivity contribution in [3.63, 3.8) is 0 Å². The van der Waals surface area contributed by atoms with Gasteiger partial charge in [-0.1, -0.05) is 23.2 Å². The maximum atomic E-state index is 5.97. The lowest BCUT2D eigenvalue weighted by molar-refractivity contribution is 0.741. The minimum Gasteiger partial charge on any atom is -0.311 e. The van der Waals surface area contributed by atoms with Gasteiger partial charge >= 0.3 is 0 Å². The van der Waals surface area contributed by atoms with Gasteiger partial charge in [0.05, 0.1) is 10.0 Å². The number of hydrogen-bond donors (Lipinski definition) is 1. The van der Waals surface area contributed by atoms with Crippen molar-refractivity contribution >= 4 is 62.2 Å². The summed E-state index contributed by atoms with van der Waals surface area (Å²) in [5.41, 5.74) is 0. The zero-order chi connectivity index (χ0) is 13.7. The van der Waals surface area contributed by atoms with Crippen LogP contribution in [0.2, 0.25) is 10.0 Å². The molecule has 0 saturated heterocycles. The standard InChI is InChI=1S/C13H12BrCl2NS2/c14-9-5-11(19-8-9)7-17-3-4-18-10-1-2-12(15)13(16)6-10/h1-2,5-6,8,17H,3-4,7H2. The van der Waals surface area contributed by atoms with E-state index < -0.39 is 0 Å². The fourth-order valence-corrected chi connectivity index (χ4v) is 4.10. The summed E-state index contributed by atoms with van der Waals surface area (Å²) in [5.74, 6) is 1.00. The molecule has 1 nitrogen and oxygen atoms in total. The SMILES string of the molecule is Clc1ccc(SCCNCc2cc(Br)cs2)cc1Cl. The van der Waals surface area contributed by atoms with Gasteiger partial charge in [-0.15, -0.1) is 23.1 Å². The van der Waals surface area contributed by atoms with Gasteiger partial charge in [-0.3, -0.25) is 0 Å². The molecule has 0 amide bonds. The smallest absolute Gasteiger partial charge is 0.0603 e. The van der Waals surface area contributed by atoms with E-state index in [1.54, 1.807) is 23.1 Å². The van der Waals surface area contributed by atoms with Crippen LogP contribution in [0.1, 0.15) is 4.88 Å². The molecule has 0 bridgehead atoms. The molecule has 0 aliphatic carbocycles. The van der Waals surface area contributed by atoms with Gasteiger partial charge < -0.3 is 5.32 Å². The summed E-state index contributed by atoms with van der Waals surface area (Å²) in [4.78, 5) is 2.49. The molecule has 1 aromatic heterocycles. The van der Waals surface area contributed by atoms with E-state index in [0.29, 0.717) is 10.0 Å². The van der Waals surface area contributed by atoms with Gasteiger partial charge in [0.15, 0.2) is 0 Å². The molecule has 102 valence electrons. The Morgan fingerprint density at radius 1 is 1.21 bits per heavy atom. The van der Waals surface area contributed by atoms with E-state index in [2.05, 4.69) is 32.7 Å². The van der Waals surface area contributed by atoms with Crippen LogP contribution < -0.4 is 5.32 Å². The average molecular weight is 397 g/mol. The molecule has 2 rings (SSSR count). The molecular weight excluding hydrogens is 385 g/mol. The number of thioether (sulfide) groups is 1. The first-order valence-corrected chi connectivity index (χ1v) is 9.08. The maximum Gasteiger partial charge on any atom is 0.0603 e. The second kappa shape index (κ2) is 7.91. The second-order valence-corrected chi connectivity index (χ2v) is 7.73. The third-order valence-electron chi connectivity index (χ3n) is 2.36. The molecule has 0 atom stereocenters. The first kappa shape index (κ1) is 15.7. The lowest BCUT2D eigenvalue weighted by atomic mass is 10.4. The molecule has 6 heteroatoms. The van der Waals surface area contributed by atoms with E-state index in [9.17, 15) is 0 Å². The molecule has 1 aromatic carbocycles. The molecule has 19 heavy (non-hydrogen) atoms. The van der Waals surface area contributed by atoms with Crippen LogP contribution in [-0.2, 0) is 6.54 Å². The van der Waals surface area contributed by atoms with E-state index in [-0.39, 0.29) is 0 Å². The predicted molar refractivity (Wildman–Crippen MR) is 90.9 cm³/mol. The van der Waals surface area contributed by atoms with Crippen LogP contribution in [0.15, 0.2) is 39.0 Å². The first-order chi connectivity index (χ1) is 9.15. The molecular formula is C13H12BrCl2NS2. The van der Waals surface area contributed by atoms with Gasteiger partial charge in [0.25, 0.3) is 0 Å². The van der Waals surface area contributed by atoms with Crippen molar-refractivity contribution in [2.75, 3.05) is 12.3 Å². The monoisotopic (exact) mass is 395 g/mol. The molecule has 0 radical (unpaired) electrons. The topological polar surface area (TPSA) is 12.0 Å². The van der Waals surface area contributed by atoms with Crippen LogP contribution in [0.25, 0.3) is 0 Å². The predicted octanol–water partition coefficient (Wildman–Crippen LogP) is 5.70. The van der Waals surface area contributed by atoms with Crippen molar-refractivity contribution in [2.24, 2.45) is 0 Å². The number of halogens is 3. The minimum atomic E-state index is 0.604. The summed E-state index contributed by atoms with van der Waals surface area (Å²) in [6.45, 7) is 1.87. The third kappa shape index (κ3) is 5.29. The lowest BCUT2D eigenvalue weighted by Gasteiger charge is -2.04. The van der Waals surface area contributed by atoms with E-state index in [0.717, 1.165) is 28.2 Å². The van der Waals surface area contributed by atoms with E-state index >= 15 is 0 Å². The zero-order valence-corrected chi connectivity index (χ0v) is 14.7. The van der Waals surface area contributed by atoms with Crippen LogP contribution in [0.5, 0.6) is 0 Å². The Labute approximate surface area is 139 Å². The average Bonchev–Trinajstić information content (AvgIpc) is 2.79. The molecule has 2 aromatic rings. The van der Waals surface area contributed by atoms with Crippen molar-refractivity contribution in [1.29, 1.82) is 0 Å². The highest BCUT2D eigenvalue weighted by molar-refractivity contribution is 9.10. The van der Waals surface area contributed by atoms with Crippen LogP contribution in [0.3, 0.4) is 0 Å². The van der Waals surface area contributed by atoms with Crippen LogP contribution in [-0.4, -0.2) is 12.3 Å². The van der Waals surface area contributed by atoms with Gasteiger partial charge in [0.2, 0.25) is 0 Å². The van der Waals surface area contributed by atoms with Crippen molar-refractivity contribution in [2.45, 2.75) is 11.4 Å². The highest BCUT2D eigenvalue weighted by atomic mass is 79.9. The Morgan fingerprint density at radius 3 is 2.74 bits per heavy atom. The van der Waals surface area contributed by atoms with Crippen molar-refractivity contribution in [3.8, 4) is 0 Å². The third-order valence-corrected chi connectivity index (χ3v) is 5.79. The molecule has 0 fully saturated rings. The molecule has 0 spiro atoms. The van der Waals surface area contributed by atoms with Crippen molar-refractivity contribution in [1.82, 2.24) is 5.32 Å². The second-order valence-electron chi connectivity index (χ2n) is 3.83. The molecule has 0 aliphatic rings. The fourth-order valence-electron chi connectivity index (χ4n) is 1.47. The maximum absolute atomic E-state index is 5.97. The summed E-state index contributed by atoms with van der Waals surface area (Å²) < 4.78 is 1.15. The number of benzene rings is 1. The zero-order valence-electron chi connectivity index (χ0n) is 9.96. The Kier molecular flexibility index (Phi) is 6.53. The minimum absolute atomic E-state index is 0.604. The number of nitrogens with one attached hydrogen (secondary N) is 1. The van der Waals surface area contributed by atoms with Gasteiger partial charge in [-0.2, -0.15) is 0 Å². The summed E-state index contributed by atoms with van der Waals surface area (Å²) in [6, 6.07) is 7.88. The van der Waals surface area contributed by atoms with Gasteiger partial charge in [-0.05, 0) is 40.2 Å². The molecule has 1 N–H and O–H groups in total. The number of rotatable bonds is 6. The van der Waals surface area contributed by atoms with Crippen LogP contribution >= 0.6 is 62.2 Å². The first-order valence-electron chi connectivity index (χ1n) is 5.66. The Hall–Kier alpha value is 0.290. The molecule has 0 saturated carbocycles. The van der Waals surface area contributed by atoms with E-state index in [1.165, 1.54) is 4.88 Å². The number of thiophene rings is 1. The number of hydrogen-bond acceptors (Lipinski definition) is 3.